The SMILES string of the molecule is Fc1ccc2c(c1)oc1ccc(-c3ccc(-c4cc(-c5ccc(-n6c7ccccc7c7ccccc76)cc5)nc(-c5ccccc5)n4)cc3)cc12. The smallest absolute Gasteiger partial charge is 0.160 e. The predicted molar refractivity (Wildman–Crippen MR) is 205 cm³/mol. The molecule has 0 saturated carbocycles. The average Bonchev–Trinajstić information content (AvgIpc) is 3.73. The monoisotopic (exact) mass is 657 g/mol. The highest BCUT2D eigenvalue weighted by Crippen LogP contribution is 2.36. The van der Waals surface area contributed by atoms with Crippen LogP contribution in [0.2, 0.25) is 0 Å². The third-order valence-corrected chi connectivity index (χ3v) is 9.71. The van der Waals surface area contributed by atoms with Crippen LogP contribution in [0, 0.1) is 5.82 Å². The van der Waals surface area contributed by atoms with Gasteiger partial charge in [0.15, 0.2) is 5.82 Å². The van der Waals surface area contributed by atoms with Gasteiger partial charge in [-0.05, 0) is 65.7 Å². The topological polar surface area (TPSA) is 43.9 Å². The first-order valence-corrected chi connectivity index (χ1v) is 16.9. The summed E-state index contributed by atoms with van der Waals surface area (Å²) in [5, 5.41) is 4.34. The van der Waals surface area contributed by atoms with Gasteiger partial charge in [0.1, 0.15) is 17.0 Å². The normalized spacial score (nSPS) is 11.6. The Bertz CT molecular complexity index is 2850. The average molecular weight is 658 g/mol. The quantitative estimate of drug-likeness (QED) is 0.185. The first kappa shape index (κ1) is 29.1. The summed E-state index contributed by atoms with van der Waals surface area (Å²) in [4.78, 5) is 10.1. The third kappa shape index (κ3) is 4.98. The van der Waals surface area contributed by atoms with E-state index < -0.39 is 0 Å². The van der Waals surface area contributed by atoms with E-state index in [1.54, 1.807) is 6.07 Å². The van der Waals surface area contributed by atoms with Crippen LogP contribution >= 0.6 is 0 Å². The van der Waals surface area contributed by atoms with Crippen molar-refractivity contribution in [2.45, 2.75) is 0 Å². The van der Waals surface area contributed by atoms with Crippen LogP contribution in [0.15, 0.2) is 174 Å². The number of hydrogen-bond acceptors (Lipinski definition) is 3. The molecule has 3 heterocycles. The summed E-state index contributed by atoms with van der Waals surface area (Å²) in [6.07, 6.45) is 0. The zero-order valence-corrected chi connectivity index (χ0v) is 27.3. The first-order chi connectivity index (χ1) is 25.2. The van der Waals surface area contributed by atoms with Gasteiger partial charge in [0.25, 0.3) is 0 Å². The van der Waals surface area contributed by atoms with E-state index in [9.17, 15) is 4.39 Å². The number of benzene rings is 7. The van der Waals surface area contributed by atoms with Crippen LogP contribution < -0.4 is 0 Å². The van der Waals surface area contributed by atoms with Crippen LogP contribution in [0.4, 0.5) is 4.39 Å². The van der Waals surface area contributed by atoms with Gasteiger partial charge in [-0.3, -0.25) is 0 Å². The molecule has 0 spiro atoms. The van der Waals surface area contributed by atoms with Gasteiger partial charge in [-0.1, -0.05) is 109 Å². The second-order valence-corrected chi connectivity index (χ2v) is 12.8. The standard InChI is InChI=1S/C46H28FN3O/c47-34-21-24-38-39-26-33(20-25-44(39)51-45(38)27-34)29-14-16-30(17-15-29)40-28-41(49-46(48-40)32-8-2-1-3-9-32)31-18-22-35(23-19-31)50-42-12-6-4-10-36(42)37-11-5-7-13-43(37)50/h1-28H. The number of fused-ring (bicyclic) bond motifs is 6. The van der Waals surface area contributed by atoms with Gasteiger partial charge in [0.05, 0.1) is 22.4 Å². The maximum atomic E-state index is 13.8. The Balaban J connectivity index is 1.04. The lowest BCUT2D eigenvalue weighted by molar-refractivity contribution is 0.618. The van der Waals surface area contributed by atoms with Crippen LogP contribution in [-0.4, -0.2) is 14.5 Å². The van der Waals surface area contributed by atoms with Crippen molar-refractivity contribution in [3.8, 4) is 50.7 Å². The Hall–Kier alpha value is -6.85. The number of halogens is 1. The molecule has 0 atom stereocenters. The molecule has 0 amide bonds. The van der Waals surface area contributed by atoms with E-state index in [0.717, 1.165) is 61.2 Å². The molecule has 4 nitrogen and oxygen atoms in total. The number of furan rings is 1. The zero-order valence-electron chi connectivity index (χ0n) is 27.3. The molecule has 0 aliphatic rings. The minimum atomic E-state index is -0.308. The number of hydrogen-bond donors (Lipinski definition) is 0. The summed E-state index contributed by atoms with van der Waals surface area (Å²) in [7, 11) is 0. The van der Waals surface area contributed by atoms with Crippen molar-refractivity contribution >= 4 is 43.7 Å². The summed E-state index contributed by atoms with van der Waals surface area (Å²) in [5.74, 6) is 0.365. The van der Waals surface area contributed by atoms with Crippen molar-refractivity contribution in [2.75, 3.05) is 0 Å². The lowest BCUT2D eigenvalue weighted by atomic mass is 10.00. The molecular formula is C46H28FN3O. The van der Waals surface area contributed by atoms with Crippen molar-refractivity contribution in [1.82, 2.24) is 14.5 Å². The van der Waals surface area contributed by atoms with Gasteiger partial charge in [-0.15, -0.1) is 0 Å². The number of rotatable bonds is 5. The summed E-state index contributed by atoms with van der Waals surface area (Å²) in [6, 6.07) is 57.1. The van der Waals surface area contributed by atoms with Gasteiger partial charge >= 0.3 is 0 Å². The van der Waals surface area contributed by atoms with Crippen LogP contribution in [-0.2, 0) is 0 Å². The Kier molecular flexibility index (Phi) is 6.64. The third-order valence-electron chi connectivity index (χ3n) is 9.71. The molecule has 10 aromatic rings. The molecule has 10 rings (SSSR count). The molecule has 5 heteroatoms. The van der Waals surface area contributed by atoms with Crippen LogP contribution in [0.1, 0.15) is 0 Å². The molecule has 0 N–H and O–H groups in total. The van der Waals surface area contributed by atoms with Crippen LogP contribution in [0.3, 0.4) is 0 Å². The van der Waals surface area contributed by atoms with Gasteiger partial charge in [0, 0.05) is 50.0 Å². The van der Waals surface area contributed by atoms with Crippen molar-refractivity contribution < 1.29 is 8.81 Å². The van der Waals surface area contributed by atoms with Crippen molar-refractivity contribution in [2.24, 2.45) is 0 Å². The van der Waals surface area contributed by atoms with Crippen molar-refractivity contribution in [3.63, 3.8) is 0 Å². The molecule has 0 fully saturated rings. The summed E-state index contributed by atoms with van der Waals surface area (Å²) >= 11 is 0. The molecule has 0 saturated heterocycles. The Morgan fingerprint density at radius 3 is 1.69 bits per heavy atom. The molecule has 0 aliphatic heterocycles. The van der Waals surface area contributed by atoms with E-state index in [0.29, 0.717) is 11.4 Å². The largest absolute Gasteiger partial charge is 0.456 e. The van der Waals surface area contributed by atoms with Gasteiger partial charge in [-0.2, -0.15) is 0 Å². The molecule has 0 unspecified atom stereocenters. The zero-order chi connectivity index (χ0) is 33.9. The van der Waals surface area contributed by atoms with Gasteiger partial charge in [0.2, 0.25) is 0 Å². The fourth-order valence-corrected chi connectivity index (χ4v) is 7.21. The van der Waals surface area contributed by atoms with Crippen LogP contribution in [0.25, 0.3) is 94.5 Å². The minimum Gasteiger partial charge on any atom is -0.456 e. The van der Waals surface area contributed by atoms with E-state index in [1.165, 1.54) is 33.9 Å². The molecule has 3 aromatic heterocycles. The molecule has 0 aliphatic carbocycles. The summed E-state index contributed by atoms with van der Waals surface area (Å²) in [5.41, 5.74) is 11.5. The van der Waals surface area contributed by atoms with E-state index in [1.807, 2.05) is 42.5 Å². The number of nitrogens with zero attached hydrogens (tertiary/aromatic N) is 3. The summed E-state index contributed by atoms with van der Waals surface area (Å²) in [6.45, 7) is 0. The molecule has 51 heavy (non-hydrogen) atoms. The van der Waals surface area contributed by atoms with E-state index >= 15 is 0 Å². The van der Waals surface area contributed by atoms with E-state index in [2.05, 4.69) is 114 Å². The predicted octanol–water partition coefficient (Wildman–Crippen LogP) is 12.3. The Morgan fingerprint density at radius 2 is 1.00 bits per heavy atom. The molecule has 7 aromatic carbocycles. The van der Waals surface area contributed by atoms with Gasteiger partial charge < -0.3 is 8.98 Å². The van der Waals surface area contributed by atoms with Crippen molar-refractivity contribution in [1.29, 1.82) is 0 Å². The Morgan fingerprint density at radius 1 is 0.412 bits per heavy atom. The maximum absolute atomic E-state index is 13.8. The number of para-hydroxylation sites is 2. The summed E-state index contributed by atoms with van der Waals surface area (Å²) < 4.78 is 22.0. The lowest BCUT2D eigenvalue weighted by Gasteiger charge is -2.12. The molecule has 240 valence electrons. The number of aromatic nitrogens is 3. The maximum Gasteiger partial charge on any atom is 0.160 e. The minimum absolute atomic E-state index is 0.308. The highest BCUT2D eigenvalue weighted by Gasteiger charge is 2.15. The van der Waals surface area contributed by atoms with Crippen LogP contribution in [0.5, 0.6) is 0 Å². The second-order valence-electron chi connectivity index (χ2n) is 12.8. The van der Waals surface area contributed by atoms with Crippen molar-refractivity contribution in [3.05, 3.63) is 176 Å². The van der Waals surface area contributed by atoms with Gasteiger partial charge in [-0.25, -0.2) is 14.4 Å². The molecule has 0 bridgehead atoms. The highest BCUT2D eigenvalue weighted by molar-refractivity contribution is 6.09. The molecular weight excluding hydrogens is 630 g/mol. The lowest BCUT2D eigenvalue weighted by Crippen LogP contribution is -1.97. The van der Waals surface area contributed by atoms with E-state index in [-0.39, 0.29) is 5.82 Å². The second kappa shape index (κ2) is 11.6. The Labute approximate surface area is 292 Å². The van der Waals surface area contributed by atoms with E-state index in [4.69, 9.17) is 14.4 Å². The fraction of sp³-hybridized carbons (Fsp3) is 0. The highest BCUT2D eigenvalue weighted by atomic mass is 19.1. The first-order valence-electron chi connectivity index (χ1n) is 16.9. The fourth-order valence-electron chi connectivity index (χ4n) is 7.21. The molecule has 0 radical (unpaired) electrons.